The molecule has 20 heavy (non-hydrogen) atoms. The van der Waals surface area contributed by atoms with Crippen molar-refractivity contribution in [3.05, 3.63) is 40.4 Å². The predicted molar refractivity (Wildman–Crippen MR) is 75.3 cm³/mol. The SMILES string of the molecule is COC(=O)CCN(C)Cc1nc2ccccc2c(=O)[nH]1. The van der Waals surface area contributed by atoms with Gasteiger partial charge in [0.05, 0.1) is 31.0 Å². The van der Waals surface area contributed by atoms with Crippen molar-refractivity contribution in [3.63, 3.8) is 0 Å². The summed E-state index contributed by atoms with van der Waals surface area (Å²) in [5, 5.41) is 0.577. The zero-order valence-electron chi connectivity index (χ0n) is 11.5. The molecule has 0 aliphatic carbocycles. The third-order valence-corrected chi connectivity index (χ3v) is 3.01. The minimum absolute atomic E-state index is 0.146. The van der Waals surface area contributed by atoms with Crippen LogP contribution >= 0.6 is 0 Å². The molecule has 106 valence electrons. The van der Waals surface area contributed by atoms with Crippen LogP contribution in [0.15, 0.2) is 29.1 Å². The fourth-order valence-electron chi connectivity index (χ4n) is 1.93. The van der Waals surface area contributed by atoms with Crippen molar-refractivity contribution in [1.29, 1.82) is 0 Å². The number of nitrogens with zero attached hydrogens (tertiary/aromatic N) is 2. The van der Waals surface area contributed by atoms with Crippen LogP contribution < -0.4 is 5.56 Å². The Hall–Kier alpha value is -2.21. The first-order valence-electron chi connectivity index (χ1n) is 6.33. The van der Waals surface area contributed by atoms with E-state index in [1.165, 1.54) is 7.11 Å². The fraction of sp³-hybridized carbons (Fsp3) is 0.357. The van der Waals surface area contributed by atoms with Gasteiger partial charge in [-0.2, -0.15) is 0 Å². The number of nitrogens with one attached hydrogen (secondary N) is 1. The van der Waals surface area contributed by atoms with Crippen molar-refractivity contribution < 1.29 is 9.53 Å². The van der Waals surface area contributed by atoms with Gasteiger partial charge in [0.15, 0.2) is 0 Å². The molecule has 0 bridgehead atoms. The number of para-hydroxylation sites is 1. The normalized spacial score (nSPS) is 10.9. The number of H-pyrrole nitrogens is 1. The van der Waals surface area contributed by atoms with Crippen LogP contribution in [0.1, 0.15) is 12.2 Å². The Bertz CT molecular complexity index is 666. The Balaban J connectivity index is 2.10. The summed E-state index contributed by atoms with van der Waals surface area (Å²) in [6.07, 6.45) is 0.310. The standard InChI is InChI=1S/C14H17N3O3/c1-17(8-7-13(18)20-2)9-12-15-11-6-4-3-5-10(11)14(19)16-12/h3-6H,7-9H2,1-2H3,(H,15,16,19). The third kappa shape index (κ3) is 3.42. The summed E-state index contributed by atoms with van der Waals surface area (Å²) in [7, 11) is 3.23. The highest BCUT2D eigenvalue weighted by Gasteiger charge is 2.08. The number of methoxy groups -OCH3 is 1. The maximum Gasteiger partial charge on any atom is 0.306 e. The van der Waals surface area contributed by atoms with Crippen molar-refractivity contribution in [3.8, 4) is 0 Å². The number of fused-ring (bicyclic) bond motifs is 1. The smallest absolute Gasteiger partial charge is 0.306 e. The minimum atomic E-state index is -0.253. The molecule has 2 rings (SSSR count). The van der Waals surface area contributed by atoms with Gasteiger partial charge in [-0.25, -0.2) is 4.98 Å². The highest BCUT2D eigenvalue weighted by molar-refractivity contribution is 5.77. The summed E-state index contributed by atoms with van der Waals surface area (Å²) in [5.74, 6) is 0.331. The van der Waals surface area contributed by atoms with Crippen LogP contribution in [0.2, 0.25) is 0 Å². The molecule has 2 aromatic rings. The molecule has 0 atom stereocenters. The lowest BCUT2D eigenvalue weighted by molar-refractivity contribution is -0.140. The van der Waals surface area contributed by atoms with Gasteiger partial charge < -0.3 is 9.72 Å². The van der Waals surface area contributed by atoms with E-state index in [1.54, 1.807) is 12.1 Å². The molecular formula is C14H17N3O3. The average molecular weight is 275 g/mol. The van der Waals surface area contributed by atoms with E-state index >= 15 is 0 Å². The molecule has 0 saturated carbocycles. The van der Waals surface area contributed by atoms with Crippen molar-refractivity contribution >= 4 is 16.9 Å². The van der Waals surface area contributed by atoms with Gasteiger partial charge in [-0.05, 0) is 19.2 Å². The summed E-state index contributed by atoms with van der Waals surface area (Å²) < 4.78 is 4.59. The lowest BCUT2D eigenvalue weighted by Crippen LogP contribution is -2.24. The number of ether oxygens (including phenoxy) is 1. The fourth-order valence-corrected chi connectivity index (χ4v) is 1.93. The van der Waals surface area contributed by atoms with Gasteiger partial charge in [-0.3, -0.25) is 14.5 Å². The van der Waals surface area contributed by atoms with E-state index in [-0.39, 0.29) is 11.5 Å². The van der Waals surface area contributed by atoms with Gasteiger partial charge in [0.25, 0.3) is 5.56 Å². The molecule has 0 aliphatic rings. The largest absolute Gasteiger partial charge is 0.469 e. The number of aromatic amines is 1. The minimum Gasteiger partial charge on any atom is -0.469 e. The molecule has 0 aliphatic heterocycles. The molecule has 1 aromatic heterocycles. The van der Waals surface area contributed by atoms with Crippen molar-refractivity contribution in [2.24, 2.45) is 0 Å². The van der Waals surface area contributed by atoms with E-state index in [4.69, 9.17) is 0 Å². The number of aromatic nitrogens is 2. The van der Waals surface area contributed by atoms with Crippen molar-refractivity contribution in [2.45, 2.75) is 13.0 Å². The first kappa shape index (κ1) is 14.2. The molecular weight excluding hydrogens is 258 g/mol. The molecule has 0 radical (unpaired) electrons. The Kier molecular flexibility index (Phi) is 4.47. The van der Waals surface area contributed by atoms with E-state index in [9.17, 15) is 9.59 Å². The van der Waals surface area contributed by atoms with Crippen LogP contribution in [0.4, 0.5) is 0 Å². The van der Waals surface area contributed by atoms with E-state index in [0.717, 1.165) is 0 Å². The number of benzene rings is 1. The summed E-state index contributed by atoms with van der Waals surface area (Å²) >= 11 is 0. The first-order valence-corrected chi connectivity index (χ1v) is 6.33. The van der Waals surface area contributed by atoms with Gasteiger partial charge in [0, 0.05) is 6.54 Å². The molecule has 6 heteroatoms. The Morgan fingerprint density at radius 3 is 2.90 bits per heavy atom. The second-order valence-electron chi connectivity index (χ2n) is 4.59. The van der Waals surface area contributed by atoms with Crippen molar-refractivity contribution in [1.82, 2.24) is 14.9 Å². The van der Waals surface area contributed by atoms with Gasteiger partial charge in [0.2, 0.25) is 0 Å². The summed E-state index contributed by atoms with van der Waals surface area (Å²) in [6.45, 7) is 1.01. The van der Waals surface area contributed by atoms with Crippen LogP contribution in [0.5, 0.6) is 0 Å². The van der Waals surface area contributed by atoms with E-state index < -0.39 is 0 Å². The molecule has 0 spiro atoms. The molecule has 1 heterocycles. The van der Waals surface area contributed by atoms with Crippen LogP contribution in [0.25, 0.3) is 10.9 Å². The molecule has 6 nitrogen and oxygen atoms in total. The highest BCUT2D eigenvalue weighted by atomic mass is 16.5. The highest BCUT2D eigenvalue weighted by Crippen LogP contribution is 2.06. The quantitative estimate of drug-likeness (QED) is 0.821. The van der Waals surface area contributed by atoms with E-state index in [1.807, 2.05) is 24.1 Å². The molecule has 0 fully saturated rings. The number of esters is 1. The lowest BCUT2D eigenvalue weighted by Gasteiger charge is -2.15. The molecule has 0 amide bonds. The second kappa shape index (κ2) is 6.29. The molecule has 0 saturated heterocycles. The summed E-state index contributed by atoms with van der Waals surface area (Å²) in [6, 6.07) is 7.20. The maximum absolute atomic E-state index is 11.9. The van der Waals surface area contributed by atoms with Gasteiger partial charge in [-0.1, -0.05) is 12.1 Å². The number of rotatable bonds is 5. The summed E-state index contributed by atoms with van der Waals surface area (Å²) in [4.78, 5) is 32.1. The third-order valence-electron chi connectivity index (χ3n) is 3.01. The molecule has 0 unspecified atom stereocenters. The van der Waals surface area contributed by atoms with Crippen LogP contribution in [-0.2, 0) is 16.1 Å². The first-order chi connectivity index (χ1) is 9.60. The zero-order valence-corrected chi connectivity index (χ0v) is 11.5. The number of carbonyl (C=O) groups excluding carboxylic acids is 1. The topological polar surface area (TPSA) is 75.3 Å². The predicted octanol–water partition coefficient (Wildman–Crippen LogP) is 0.918. The van der Waals surface area contributed by atoms with Crippen molar-refractivity contribution in [2.75, 3.05) is 20.7 Å². The zero-order chi connectivity index (χ0) is 14.5. The molecule has 1 N–H and O–H groups in total. The van der Waals surface area contributed by atoms with Crippen LogP contribution in [0.3, 0.4) is 0 Å². The maximum atomic E-state index is 11.9. The van der Waals surface area contributed by atoms with E-state index in [2.05, 4.69) is 14.7 Å². The monoisotopic (exact) mass is 275 g/mol. The second-order valence-corrected chi connectivity index (χ2v) is 4.59. The van der Waals surface area contributed by atoms with Gasteiger partial charge in [-0.15, -0.1) is 0 Å². The molecule has 1 aromatic carbocycles. The summed E-state index contributed by atoms with van der Waals surface area (Å²) in [5.41, 5.74) is 0.527. The van der Waals surface area contributed by atoms with Gasteiger partial charge >= 0.3 is 5.97 Å². The van der Waals surface area contributed by atoms with Crippen LogP contribution in [0, 0.1) is 0 Å². The average Bonchev–Trinajstić information content (AvgIpc) is 2.44. The Morgan fingerprint density at radius 2 is 2.15 bits per heavy atom. The number of carbonyl (C=O) groups is 1. The van der Waals surface area contributed by atoms with Gasteiger partial charge in [0.1, 0.15) is 5.82 Å². The number of hydrogen-bond donors (Lipinski definition) is 1. The lowest BCUT2D eigenvalue weighted by atomic mass is 10.2. The van der Waals surface area contributed by atoms with Crippen LogP contribution in [-0.4, -0.2) is 41.5 Å². The van der Waals surface area contributed by atoms with E-state index in [0.29, 0.717) is 36.2 Å². The Labute approximate surface area is 116 Å². The number of hydrogen-bond acceptors (Lipinski definition) is 5. The Morgan fingerprint density at radius 1 is 1.40 bits per heavy atom.